The van der Waals surface area contributed by atoms with E-state index < -0.39 is 0 Å². The number of nitrogens with two attached hydrogens (primary N) is 1. The van der Waals surface area contributed by atoms with Gasteiger partial charge in [-0.15, -0.1) is 0 Å². The van der Waals surface area contributed by atoms with E-state index in [1.165, 1.54) is 25.0 Å². The van der Waals surface area contributed by atoms with Crippen molar-refractivity contribution in [3.8, 4) is 0 Å². The molecule has 1 aliphatic heterocycles. The Kier molecular flexibility index (Phi) is 4.76. The Morgan fingerprint density at radius 2 is 2.33 bits per heavy atom. The Labute approximate surface area is 116 Å². The number of rotatable bonds is 4. The summed E-state index contributed by atoms with van der Waals surface area (Å²) in [6.45, 7) is 4.99. The topological polar surface area (TPSA) is 29.3 Å². The normalized spacial score (nSPS) is 22.3. The second-order valence-corrected chi connectivity index (χ2v) is 5.83. The molecule has 0 aromatic heterocycles. The molecule has 2 N–H and O–H groups in total. The van der Waals surface area contributed by atoms with Gasteiger partial charge in [0.05, 0.1) is 0 Å². The first kappa shape index (κ1) is 14.0. The molecule has 0 spiro atoms. The van der Waals surface area contributed by atoms with E-state index in [1.807, 2.05) is 6.07 Å². The standard InChI is InChI=1S/C14H20BrFN2/c1-2-10-5-6-18(9-10)14(8-17)12-4-3-11(16)7-13(12)15/h3-4,7,10,14H,2,5-6,8-9,17H2,1H3. The van der Waals surface area contributed by atoms with E-state index in [2.05, 4.69) is 27.8 Å². The zero-order valence-corrected chi connectivity index (χ0v) is 12.3. The van der Waals surface area contributed by atoms with Crippen LogP contribution in [-0.2, 0) is 0 Å². The van der Waals surface area contributed by atoms with Crippen LogP contribution in [0.5, 0.6) is 0 Å². The molecule has 2 unspecified atom stereocenters. The largest absolute Gasteiger partial charge is 0.329 e. The molecule has 1 saturated heterocycles. The van der Waals surface area contributed by atoms with Gasteiger partial charge in [-0.05, 0) is 36.6 Å². The van der Waals surface area contributed by atoms with Crippen molar-refractivity contribution in [3.05, 3.63) is 34.1 Å². The van der Waals surface area contributed by atoms with Gasteiger partial charge in [0.1, 0.15) is 5.82 Å². The van der Waals surface area contributed by atoms with Gasteiger partial charge in [-0.1, -0.05) is 35.3 Å². The molecule has 1 aromatic carbocycles. The average molecular weight is 315 g/mol. The van der Waals surface area contributed by atoms with Crippen molar-refractivity contribution in [1.29, 1.82) is 0 Å². The van der Waals surface area contributed by atoms with Gasteiger partial charge in [-0.3, -0.25) is 4.90 Å². The van der Waals surface area contributed by atoms with Crippen molar-refractivity contribution in [3.63, 3.8) is 0 Å². The van der Waals surface area contributed by atoms with Crippen LogP contribution in [0.1, 0.15) is 31.4 Å². The fraction of sp³-hybridized carbons (Fsp3) is 0.571. The first-order chi connectivity index (χ1) is 8.65. The lowest BCUT2D eigenvalue weighted by molar-refractivity contribution is 0.240. The SMILES string of the molecule is CCC1CCN(C(CN)c2ccc(F)cc2Br)C1. The Balaban J connectivity index is 2.18. The van der Waals surface area contributed by atoms with E-state index in [0.717, 1.165) is 29.0 Å². The summed E-state index contributed by atoms with van der Waals surface area (Å²) in [6.07, 6.45) is 2.46. The molecule has 2 atom stereocenters. The predicted octanol–water partition coefficient (Wildman–Crippen LogP) is 3.32. The van der Waals surface area contributed by atoms with Crippen molar-refractivity contribution in [2.24, 2.45) is 11.7 Å². The third kappa shape index (κ3) is 2.92. The molecule has 2 rings (SSSR count). The highest BCUT2D eigenvalue weighted by molar-refractivity contribution is 9.10. The smallest absolute Gasteiger partial charge is 0.124 e. The molecule has 1 aromatic rings. The summed E-state index contributed by atoms with van der Waals surface area (Å²) >= 11 is 3.45. The zero-order valence-electron chi connectivity index (χ0n) is 10.7. The number of halogens is 2. The van der Waals surface area contributed by atoms with Crippen molar-refractivity contribution in [2.45, 2.75) is 25.8 Å². The first-order valence-electron chi connectivity index (χ1n) is 6.54. The number of benzene rings is 1. The highest BCUT2D eigenvalue weighted by Gasteiger charge is 2.28. The van der Waals surface area contributed by atoms with Gasteiger partial charge in [0.15, 0.2) is 0 Å². The highest BCUT2D eigenvalue weighted by Crippen LogP contribution is 2.32. The third-order valence-electron chi connectivity index (χ3n) is 3.88. The molecule has 0 saturated carbocycles. The minimum atomic E-state index is -0.214. The van der Waals surface area contributed by atoms with E-state index in [0.29, 0.717) is 6.54 Å². The maximum Gasteiger partial charge on any atom is 0.124 e. The Hall–Kier alpha value is -0.450. The fourth-order valence-electron chi connectivity index (χ4n) is 2.72. The number of likely N-dealkylation sites (tertiary alicyclic amines) is 1. The van der Waals surface area contributed by atoms with Gasteiger partial charge in [0.2, 0.25) is 0 Å². The molecule has 1 aliphatic rings. The molecule has 1 fully saturated rings. The zero-order chi connectivity index (χ0) is 13.1. The molecule has 0 radical (unpaired) electrons. The monoisotopic (exact) mass is 314 g/mol. The Morgan fingerprint density at radius 3 is 2.89 bits per heavy atom. The van der Waals surface area contributed by atoms with Crippen LogP contribution in [0, 0.1) is 11.7 Å². The van der Waals surface area contributed by atoms with Gasteiger partial charge < -0.3 is 5.73 Å². The maximum absolute atomic E-state index is 13.1. The van der Waals surface area contributed by atoms with Crippen LogP contribution in [-0.4, -0.2) is 24.5 Å². The van der Waals surface area contributed by atoms with Crippen LogP contribution in [0.2, 0.25) is 0 Å². The van der Waals surface area contributed by atoms with Gasteiger partial charge in [0, 0.05) is 23.6 Å². The van der Waals surface area contributed by atoms with Gasteiger partial charge in [-0.2, -0.15) is 0 Å². The summed E-state index contributed by atoms with van der Waals surface area (Å²) in [4.78, 5) is 2.42. The van der Waals surface area contributed by atoms with Crippen LogP contribution < -0.4 is 5.73 Å². The third-order valence-corrected chi connectivity index (χ3v) is 4.57. The lowest BCUT2D eigenvalue weighted by Gasteiger charge is -2.28. The average Bonchev–Trinajstić information content (AvgIpc) is 2.81. The van der Waals surface area contributed by atoms with Gasteiger partial charge in [0.25, 0.3) is 0 Å². The van der Waals surface area contributed by atoms with E-state index in [-0.39, 0.29) is 11.9 Å². The summed E-state index contributed by atoms with van der Waals surface area (Å²) < 4.78 is 14.0. The van der Waals surface area contributed by atoms with Crippen LogP contribution in [0.25, 0.3) is 0 Å². The molecular weight excluding hydrogens is 295 g/mol. The van der Waals surface area contributed by atoms with Gasteiger partial charge in [-0.25, -0.2) is 4.39 Å². The molecule has 2 nitrogen and oxygen atoms in total. The number of hydrogen-bond donors (Lipinski definition) is 1. The van der Waals surface area contributed by atoms with Crippen molar-refractivity contribution in [2.75, 3.05) is 19.6 Å². The van der Waals surface area contributed by atoms with Crippen molar-refractivity contribution in [1.82, 2.24) is 4.90 Å². The quantitative estimate of drug-likeness (QED) is 0.923. The summed E-state index contributed by atoms with van der Waals surface area (Å²) in [7, 11) is 0. The molecule has 0 amide bonds. The maximum atomic E-state index is 13.1. The predicted molar refractivity (Wildman–Crippen MR) is 75.9 cm³/mol. The minimum absolute atomic E-state index is 0.191. The van der Waals surface area contributed by atoms with Crippen LogP contribution >= 0.6 is 15.9 Å². The lowest BCUT2D eigenvalue weighted by atomic mass is 10.0. The summed E-state index contributed by atoms with van der Waals surface area (Å²) in [5.74, 6) is 0.563. The fourth-order valence-corrected chi connectivity index (χ4v) is 3.34. The molecular formula is C14H20BrFN2. The molecule has 100 valence electrons. The summed E-state index contributed by atoms with van der Waals surface area (Å²) in [5, 5.41) is 0. The van der Waals surface area contributed by atoms with E-state index in [4.69, 9.17) is 5.73 Å². The molecule has 18 heavy (non-hydrogen) atoms. The van der Waals surface area contributed by atoms with E-state index in [1.54, 1.807) is 0 Å². The summed E-state index contributed by atoms with van der Waals surface area (Å²) in [5.41, 5.74) is 7.02. The van der Waals surface area contributed by atoms with E-state index >= 15 is 0 Å². The van der Waals surface area contributed by atoms with E-state index in [9.17, 15) is 4.39 Å². The molecule has 0 bridgehead atoms. The Bertz CT molecular complexity index is 411. The second-order valence-electron chi connectivity index (χ2n) is 4.98. The summed E-state index contributed by atoms with van der Waals surface area (Å²) in [6, 6.07) is 5.06. The van der Waals surface area contributed by atoms with Crippen molar-refractivity contribution < 1.29 is 4.39 Å². The molecule has 0 aliphatic carbocycles. The Morgan fingerprint density at radius 1 is 1.56 bits per heavy atom. The number of hydrogen-bond acceptors (Lipinski definition) is 2. The van der Waals surface area contributed by atoms with Crippen LogP contribution in [0.4, 0.5) is 4.39 Å². The van der Waals surface area contributed by atoms with Crippen LogP contribution in [0.15, 0.2) is 22.7 Å². The van der Waals surface area contributed by atoms with Crippen molar-refractivity contribution >= 4 is 15.9 Å². The van der Waals surface area contributed by atoms with Gasteiger partial charge >= 0.3 is 0 Å². The first-order valence-corrected chi connectivity index (χ1v) is 7.34. The highest BCUT2D eigenvalue weighted by atomic mass is 79.9. The second kappa shape index (κ2) is 6.13. The minimum Gasteiger partial charge on any atom is -0.329 e. The molecule has 1 heterocycles. The number of nitrogens with zero attached hydrogens (tertiary/aromatic N) is 1. The lowest BCUT2D eigenvalue weighted by Crippen LogP contribution is -2.32. The molecule has 4 heteroatoms. The van der Waals surface area contributed by atoms with Crippen LogP contribution in [0.3, 0.4) is 0 Å².